The lowest BCUT2D eigenvalue weighted by atomic mass is 9.78. The first-order chi connectivity index (χ1) is 9.69. The molecular formula is C17H23NO2. The number of fused-ring (bicyclic) bond motifs is 4. The van der Waals surface area contributed by atoms with Gasteiger partial charge in [0.25, 0.3) is 5.91 Å². The highest BCUT2D eigenvalue weighted by Crippen LogP contribution is 2.56. The molecule has 2 fully saturated rings. The average molecular weight is 273 g/mol. The predicted octanol–water partition coefficient (Wildman–Crippen LogP) is 3.07. The molecule has 3 aliphatic rings. The van der Waals surface area contributed by atoms with Crippen LogP contribution in [-0.4, -0.2) is 23.3 Å². The molecule has 3 unspecified atom stereocenters. The monoisotopic (exact) mass is 273 g/mol. The SMILES string of the molecule is C=CCN1C(=O)C2=C3CC(CCCCC)C(C3)C2C1=O. The lowest BCUT2D eigenvalue weighted by Crippen LogP contribution is -2.33. The molecule has 0 radical (unpaired) electrons. The van der Waals surface area contributed by atoms with Crippen LogP contribution in [0.25, 0.3) is 0 Å². The summed E-state index contributed by atoms with van der Waals surface area (Å²) < 4.78 is 0. The molecule has 1 heterocycles. The van der Waals surface area contributed by atoms with Crippen molar-refractivity contribution in [3.8, 4) is 0 Å². The molecule has 0 N–H and O–H groups in total. The standard InChI is InChI=1S/C17H23NO2/c1-3-5-6-7-11-9-12-10-13(11)15-14(12)16(19)18(8-4-2)17(15)20/h4,11,13,15H,2-3,5-10H2,1H3. The lowest BCUT2D eigenvalue weighted by molar-refractivity contribution is -0.139. The summed E-state index contributed by atoms with van der Waals surface area (Å²) in [7, 11) is 0. The van der Waals surface area contributed by atoms with E-state index < -0.39 is 0 Å². The van der Waals surface area contributed by atoms with Gasteiger partial charge in [-0.1, -0.05) is 37.8 Å². The van der Waals surface area contributed by atoms with Crippen molar-refractivity contribution in [3.63, 3.8) is 0 Å². The largest absolute Gasteiger partial charge is 0.274 e. The van der Waals surface area contributed by atoms with E-state index in [-0.39, 0.29) is 17.7 Å². The zero-order valence-corrected chi connectivity index (χ0v) is 12.2. The van der Waals surface area contributed by atoms with E-state index in [1.165, 1.54) is 36.2 Å². The summed E-state index contributed by atoms with van der Waals surface area (Å²) in [6.45, 7) is 6.22. The van der Waals surface area contributed by atoms with Crippen molar-refractivity contribution in [1.82, 2.24) is 4.90 Å². The average Bonchev–Trinajstić information content (AvgIpc) is 3.07. The second kappa shape index (κ2) is 5.19. The fraction of sp³-hybridized carbons (Fsp3) is 0.647. The molecule has 1 saturated heterocycles. The molecular weight excluding hydrogens is 250 g/mol. The Hall–Kier alpha value is -1.38. The minimum atomic E-state index is -0.113. The van der Waals surface area contributed by atoms with Gasteiger partial charge in [-0.05, 0) is 31.1 Å². The van der Waals surface area contributed by atoms with Crippen LogP contribution in [-0.2, 0) is 9.59 Å². The Morgan fingerprint density at radius 3 is 2.80 bits per heavy atom. The van der Waals surface area contributed by atoms with Crippen molar-refractivity contribution < 1.29 is 9.59 Å². The molecule has 0 spiro atoms. The Bertz CT molecular complexity index is 491. The van der Waals surface area contributed by atoms with Gasteiger partial charge in [0.15, 0.2) is 0 Å². The van der Waals surface area contributed by atoms with E-state index in [1.807, 2.05) is 0 Å². The van der Waals surface area contributed by atoms with E-state index in [4.69, 9.17) is 0 Å². The van der Waals surface area contributed by atoms with Gasteiger partial charge in [-0.15, -0.1) is 6.58 Å². The molecule has 2 bridgehead atoms. The van der Waals surface area contributed by atoms with Crippen LogP contribution in [0.4, 0.5) is 0 Å². The van der Waals surface area contributed by atoms with Crippen LogP contribution in [0.3, 0.4) is 0 Å². The van der Waals surface area contributed by atoms with Crippen LogP contribution in [0.1, 0.15) is 45.4 Å². The van der Waals surface area contributed by atoms with E-state index in [0.717, 1.165) is 18.4 Å². The Kier molecular flexibility index (Phi) is 3.53. The quantitative estimate of drug-likeness (QED) is 0.424. The number of likely N-dealkylation sites (tertiary alicyclic amines) is 1. The number of hydrogen-bond donors (Lipinski definition) is 0. The predicted molar refractivity (Wildman–Crippen MR) is 77.8 cm³/mol. The fourth-order valence-electron chi connectivity index (χ4n) is 4.33. The van der Waals surface area contributed by atoms with Gasteiger partial charge in [0.05, 0.1) is 5.92 Å². The third-order valence-electron chi connectivity index (χ3n) is 5.21. The number of carbonyl (C=O) groups excluding carboxylic acids is 2. The second-order valence-electron chi connectivity index (χ2n) is 6.37. The van der Waals surface area contributed by atoms with Gasteiger partial charge < -0.3 is 0 Å². The number of hydrogen-bond acceptors (Lipinski definition) is 2. The summed E-state index contributed by atoms with van der Waals surface area (Å²) in [5.74, 6) is 0.918. The number of rotatable bonds is 6. The third-order valence-corrected chi connectivity index (χ3v) is 5.21. The van der Waals surface area contributed by atoms with Gasteiger partial charge in [-0.25, -0.2) is 0 Å². The lowest BCUT2D eigenvalue weighted by Gasteiger charge is -2.24. The smallest absolute Gasteiger partial charge is 0.257 e. The molecule has 2 aliphatic carbocycles. The maximum absolute atomic E-state index is 12.5. The third kappa shape index (κ3) is 1.87. The van der Waals surface area contributed by atoms with Crippen LogP contribution in [0.2, 0.25) is 0 Å². The van der Waals surface area contributed by atoms with Crippen LogP contribution in [0, 0.1) is 17.8 Å². The van der Waals surface area contributed by atoms with Crippen LogP contribution < -0.4 is 0 Å². The molecule has 3 atom stereocenters. The van der Waals surface area contributed by atoms with Gasteiger partial charge in [0.2, 0.25) is 5.91 Å². The van der Waals surface area contributed by atoms with E-state index in [0.29, 0.717) is 18.4 Å². The van der Waals surface area contributed by atoms with E-state index >= 15 is 0 Å². The first kappa shape index (κ1) is 13.6. The number of nitrogens with zero attached hydrogens (tertiary/aromatic N) is 1. The molecule has 1 aliphatic heterocycles. The second-order valence-corrected chi connectivity index (χ2v) is 6.37. The minimum Gasteiger partial charge on any atom is -0.274 e. The number of allylic oxidation sites excluding steroid dienone is 1. The molecule has 1 saturated carbocycles. The normalized spacial score (nSPS) is 31.4. The van der Waals surface area contributed by atoms with Gasteiger partial charge in [-0.3, -0.25) is 14.5 Å². The summed E-state index contributed by atoms with van der Waals surface area (Å²) in [4.78, 5) is 26.2. The van der Waals surface area contributed by atoms with Gasteiger partial charge >= 0.3 is 0 Å². The van der Waals surface area contributed by atoms with Crippen molar-refractivity contribution in [2.75, 3.05) is 6.54 Å². The molecule has 3 rings (SSSR count). The van der Waals surface area contributed by atoms with Gasteiger partial charge in [0, 0.05) is 12.1 Å². The summed E-state index contributed by atoms with van der Waals surface area (Å²) >= 11 is 0. The number of carbonyl (C=O) groups is 2. The zero-order chi connectivity index (χ0) is 14.3. The highest BCUT2D eigenvalue weighted by atomic mass is 16.2. The first-order valence-electron chi connectivity index (χ1n) is 7.87. The van der Waals surface area contributed by atoms with E-state index in [2.05, 4.69) is 13.5 Å². The molecule has 0 aromatic rings. The van der Waals surface area contributed by atoms with Crippen molar-refractivity contribution in [2.24, 2.45) is 17.8 Å². The summed E-state index contributed by atoms with van der Waals surface area (Å²) in [5.41, 5.74) is 2.14. The Labute approximate surface area is 120 Å². The van der Waals surface area contributed by atoms with Crippen LogP contribution in [0.15, 0.2) is 23.8 Å². The highest BCUT2D eigenvalue weighted by molar-refractivity contribution is 6.16. The van der Waals surface area contributed by atoms with Crippen LogP contribution in [0.5, 0.6) is 0 Å². The molecule has 0 aromatic heterocycles. The summed E-state index contributed by atoms with van der Waals surface area (Å²) in [6, 6.07) is 0. The molecule has 0 aromatic carbocycles. The Balaban J connectivity index is 1.77. The number of imide groups is 1. The van der Waals surface area contributed by atoms with Gasteiger partial charge in [0.1, 0.15) is 0 Å². The van der Waals surface area contributed by atoms with Crippen LogP contribution >= 0.6 is 0 Å². The number of amides is 2. The van der Waals surface area contributed by atoms with Crippen molar-refractivity contribution in [1.29, 1.82) is 0 Å². The van der Waals surface area contributed by atoms with Gasteiger partial charge in [-0.2, -0.15) is 0 Å². The molecule has 3 nitrogen and oxygen atoms in total. The van der Waals surface area contributed by atoms with E-state index in [9.17, 15) is 9.59 Å². The number of unbranched alkanes of at least 4 members (excludes halogenated alkanes) is 2. The maximum atomic E-state index is 12.5. The maximum Gasteiger partial charge on any atom is 0.257 e. The molecule has 20 heavy (non-hydrogen) atoms. The molecule has 108 valence electrons. The van der Waals surface area contributed by atoms with E-state index in [1.54, 1.807) is 6.08 Å². The zero-order valence-electron chi connectivity index (χ0n) is 12.2. The fourth-order valence-corrected chi connectivity index (χ4v) is 4.33. The van der Waals surface area contributed by atoms with Crippen molar-refractivity contribution in [3.05, 3.63) is 23.8 Å². The molecule has 3 heteroatoms. The Morgan fingerprint density at radius 2 is 2.10 bits per heavy atom. The highest BCUT2D eigenvalue weighted by Gasteiger charge is 2.56. The Morgan fingerprint density at radius 1 is 1.30 bits per heavy atom. The first-order valence-corrected chi connectivity index (χ1v) is 7.87. The van der Waals surface area contributed by atoms with Crippen molar-refractivity contribution in [2.45, 2.75) is 45.4 Å². The summed E-state index contributed by atoms with van der Waals surface area (Å²) in [6.07, 6.45) is 8.68. The van der Waals surface area contributed by atoms with Crippen molar-refractivity contribution >= 4 is 11.8 Å². The topological polar surface area (TPSA) is 37.4 Å². The summed E-state index contributed by atoms with van der Waals surface area (Å²) in [5, 5.41) is 0. The molecule has 2 amide bonds. The minimum absolute atomic E-state index is 0.0325.